The summed E-state index contributed by atoms with van der Waals surface area (Å²) in [4.78, 5) is 4.06. The Morgan fingerprint density at radius 2 is 2.06 bits per heavy atom. The van der Waals surface area contributed by atoms with Crippen molar-refractivity contribution in [2.75, 3.05) is 0 Å². The average molecular weight is 267 g/mol. The van der Waals surface area contributed by atoms with Gasteiger partial charge in [0.15, 0.2) is 0 Å². The van der Waals surface area contributed by atoms with Crippen LogP contribution < -0.4 is 5.73 Å². The van der Waals surface area contributed by atoms with Crippen LogP contribution in [0.5, 0.6) is 0 Å². The predicted molar refractivity (Wildman–Crippen MR) is 71.3 cm³/mol. The summed E-state index contributed by atoms with van der Waals surface area (Å²) in [6, 6.07) is 9.04. The highest BCUT2D eigenvalue weighted by molar-refractivity contribution is 6.33. The standard InChI is InChI=1S/C13H12Cl2N2/c14-10-3-4-12(15)11(7-10)13(16)6-9-2-1-5-17-8-9/h1-5,7-8,13H,6,16H2. The molecule has 0 fully saturated rings. The maximum absolute atomic E-state index is 6.13. The van der Waals surface area contributed by atoms with Gasteiger partial charge in [0.25, 0.3) is 0 Å². The molecule has 2 nitrogen and oxygen atoms in total. The molecule has 0 saturated heterocycles. The van der Waals surface area contributed by atoms with Gasteiger partial charge in [-0.05, 0) is 41.8 Å². The second-order valence-corrected chi connectivity index (χ2v) is 4.68. The van der Waals surface area contributed by atoms with Gasteiger partial charge in [-0.1, -0.05) is 29.3 Å². The highest BCUT2D eigenvalue weighted by Gasteiger charge is 2.11. The Morgan fingerprint density at radius 1 is 1.24 bits per heavy atom. The Bertz CT molecular complexity index is 500. The minimum absolute atomic E-state index is 0.176. The Balaban J connectivity index is 2.20. The van der Waals surface area contributed by atoms with E-state index in [0.29, 0.717) is 16.5 Å². The van der Waals surface area contributed by atoms with Gasteiger partial charge >= 0.3 is 0 Å². The van der Waals surface area contributed by atoms with Crippen molar-refractivity contribution < 1.29 is 0 Å². The zero-order valence-corrected chi connectivity index (χ0v) is 10.6. The SMILES string of the molecule is NC(Cc1cccnc1)c1cc(Cl)ccc1Cl. The first-order valence-electron chi connectivity index (χ1n) is 5.26. The van der Waals surface area contributed by atoms with Gasteiger partial charge in [0.1, 0.15) is 0 Å². The Hall–Kier alpha value is -1.09. The molecule has 0 aliphatic heterocycles. The lowest BCUT2D eigenvalue weighted by Crippen LogP contribution is -2.14. The molecule has 0 bridgehead atoms. The number of benzene rings is 1. The van der Waals surface area contributed by atoms with E-state index >= 15 is 0 Å². The third kappa shape index (κ3) is 3.19. The summed E-state index contributed by atoms with van der Waals surface area (Å²) < 4.78 is 0. The summed E-state index contributed by atoms with van der Waals surface area (Å²) >= 11 is 12.0. The van der Waals surface area contributed by atoms with Crippen molar-refractivity contribution in [1.82, 2.24) is 4.98 Å². The fourth-order valence-corrected chi connectivity index (χ4v) is 2.12. The van der Waals surface area contributed by atoms with Crippen molar-refractivity contribution in [3.8, 4) is 0 Å². The van der Waals surface area contributed by atoms with Crippen molar-refractivity contribution in [3.05, 3.63) is 63.9 Å². The van der Waals surface area contributed by atoms with E-state index in [1.807, 2.05) is 18.2 Å². The second-order valence-electron chi connectivity index (χ2n) is 3.84. The number of hydrogen-bond donors (Lipinski definition) is 1. The van der Waals surface area contributed by atoms with Crippen LogP contribution >= 0.6 is 23.2 Å². The Morgan fingerprint density at radius 3 is 2.76 bits per heavy atom. The van der Waals surface area contributed by atoms with Gasteiger partial charge in [-0.2, -0.15) is 0 Å². The molecule has 1 aromatic heterocycles. The molecular formula is C13H12Cl2N2. The maximum atomic E-state index is 6.13. The quantitative estimate of drug-likeness (QED) is 0.922. The topological polar surface area (TPSA) is 38.9 Å². The van der Waals surface area contributed by atoms with Gasteiger partial charge in [0, 0.05) is 28.5 Å². The molecule has 2 rings (SSSR count). The highest BCUT2D eigenvalue weighted by Crippen LogP contribution is 2.26. The molecule has 88 valence electrons. The molecule has 0 saturated carbocycles. The number of halogens is 2. The van der Waals surface area contributed by atoms with Crippen LogP contribution in [0.15, 0.2) is 42.7 Å². The van der Waals surface area contributed by atoms with Gasteiger partial charge in [0.05, 0.1) is 0 Å². The fraction of sp³-hybridized carbons (Fsp3) is 0.154. The highest BCUT2D eigenvalue weighted by atomic mass is 35.5. The molecule has 2 N–H and O–H groups in total. The fourth-order valence-electron chi connectivity index (χ4n) is 1.68. The van der Waals surface area contributed by atoms with Crippen molar-refractivity contribution in [2.24, 2.45) is 5.73 Å². The lowest BCUT2D eigenvalue weighted by atomic mass is 10.0. The molecular weight excluding hydrogens is 255 g/mol. The first kappa shape index (κ1) is 12.4. The lowest BCUT2D eigenvalue weighted by Gasteiger charge is -2.14. The van der Waals surface area contributed by atoms with E-state index in [1.54, 1.807) is 24.5 Å². The lowest BCUT2D eigenvalue weighted by molar-refractivity contribution is 0.720. The number of pyridine rings is 1. The van der Waals surface area contributed by atoms with Crippen molar-refractivity contribution in [1.29, 1.82) is 0 Å². The van der Waals surface area contributed by atoms with Crippen molar-refractivity contribution in [2.45, 2.75) is 12.5 Å². The van der Waals surface area contributed by atoms with Crippen LogP contribution in [0.25, 0.3) is 0 Å². The molecule has 0 aliphatic carbocycles. The normalized spacial score (nSPS) is 12.4. The number of rotatable bonds is 3. The van der Waals surface area contributed by atoms with Crippen molar-refractivity contribution in [3.63, 3.8) is 0 Å². The van der Waals surface area contributed by atoms with E-state index in [-0.39, 0.29) is 6.04 Å². The first-order valence-corrected chi connectivity index (χ1v) is 6.02. The van der Waals surface area contributed by atoms with E-state index in [4.69, 9.17) is 28.9 Å². The Labute approximate surface area is 110 Å². The third-order valence-electron chi connectivity index (χ3n) is 2.54. The summed E-state index contributed by atoms with van der Waals surface area (Å²) in [6.45, 7) is 0. The van der Waals surface area contributed by atoms with Crippen LogP contribution in [-0.2, 0) is 6.42 Å². The minimum atomic E-state index is -0.176. The summed E-state index contributed by atoms with van der Waals surface area (Å²) in [5, 5.41) is 1.29. The molecule has 0 amide bonds. The number of nitrogens with zero attached hydrogens (tertiary/aromatic N) is 1. The molecule has 0 radical (unpaired) electrons. The summed E-state index contributed by atoms with van der Waals surface area (Å²) in [5.74, 6) is 0. The minimum Gasteiger partial charge on any atom is -0.324 e. The van der Waals surface area contributed by atoms with Crippen LogP contribution in [0.2, 0.25) is 10.0 Å². The molecule has 0 spiro atoms. The number of aromatic nitrogens is 1. The van der Waals surface area contributed by atoms with Crippen LogP contribution in [0, 0.1) is 0 Å². The van der Waals surface area contributed by atoms with E-state index < -0.39 is 0 Å². The molecule has 1 atom stereocenters. The van der Waals surface area contributed by atoms with Crippen LogP contribution in [0.1, 0.15) is 17.2 Å². The first-order chi connectivity index (χ1) is 8.16. The Kier molecular flexibility index (Phi) is 4.00. The van der Waals surface area contributed by atoms with E-state index in [0.717, 1.165) is 11.1 Å². The van der Waals surface area contributed by atoms with Gasteiger partial charge in [-0.25, -0.2) is 0 Å². The molecule has 0 aliphatic rings. The molecule has 4 heteroatoms. The van der Waals surface area contributed by atoms with Gasteiger partial charge in [0.2, 0.25) is 0 Å². The molecule has 1 heterocycles. The zero-order valence-electron chi connectivity index (χ0n) is 9.11. The average Bonchev–Trinajstić information content (AvgIpc) is 2.33. The smallest absolute Gasteiger partial charge is 0.0454 e. The van der Waals surface area contributed by atoms with Crippen molar-refractivity contribution >= 4 is 23.2 Å². The third-order valence-corrected chi connectivity index (χ3v) is 3.12. The van der Waals surface area contributed by atoms with Crippen LogP contribution in [0.3, 0.4) is 0 Å². The summed E-state index contributed by atoms with van der Waals surface area (Å²) in [6.07, 6.45) is 4.23. The zero-order chi connectivity index (χ0) is 12.3. The molecule has 1 aromatic carbocycles. The van der Waals surface area contributed by atoms with E-state index in [1.165, 1.54) is 0 Å². The van der Waals surface area contributed by atoms with E-state index in [9.17, 15) is 0 Å². The monoisotopic (exact) mass is 266 g/mol. The summed E-state index contributed by atoms with van der Waals surface area (Å²) in [5.41, 5.74) is 8.07. The number of nitrogens with two attached hydrogens (primary N) is 1. The molecule has 1 unspecified atom stereocenters. The second kappa shape index (κ2) is 5.50. The number of hydrogen-bond acceptors (Lipinski definition) is 2. The largest absolute Gasteiger partial charge is 0.324 e. The van der Waals surface area contributed by atoms with Gasteiger partial charge in [-0.3, -0.25) is 4.98 Å². The molecule has 2 aromatic rings. The van der Waals surface area contributed by atoms with Gasteiger partial charge < -0.3 is 5.73 Å². The summed E-state index contributed by atoms with van der Waals surface area (Å²) in [7, 11) is 0. The molecule has 17 heavy (non-hydrogen) atoms. The van der Waals surface area contributed by atoms with Crippen LogP contribution in [-0.4, -0.2) is 4.98 Å². The predicted octanol–water partition coefficient (Wildman–Crippen LogP) is 3.63. The van der Waals surface area contributed by atoms with Gasteiger partial charge in [-0.15, -0.1) is 0 Å². The van der Waals surface area contributed by atoms with E-state index in [2.05, 4.69) is 4.98 Å². The van der Waals surface area contributed by atoms with Crippen LogP contribution in [0.4, 0.5) is 0 Å². The maximum Gasteiger partial charge on any atom is 0.0454 e.